The maximum absolute atomic E-state index is 5.59. The highest BCUT2D eigenvalue weighted by Crippen LogP contribution is 2.21. The lowest BCUT2D eigenvalue weighted by molar-refractivity contribution is 0.461. The monoisotopic (exact) mass is 223 g/mol. The number of nitrogens with two attached hydrogens (primary N) is 1. The van der Waals surface area contributed by atoms with Gasteiger partial charge in [0.1, 0.15) is 0 Å². The molecule has 5 heteroatoms. The molecule has 3 N–H and O–H groups in total. The van der Waals surface area contributed by atoms with Crippen LogP contribution in [0.15, 0.2) is 6.33 Å². The smallest absolute Gasteiger partial charge is 0.0925 e. The standard InChI is InChI=1S/C8H13N3.2ClH/c9-4-6-1-2-7-8(3-6)11-5-10-7;;/h5-6H,1-4,9H2,(H,10,11);2*1H. The van der Waals surface area contributed by atoms with Gasteiger partial charge in [-0.15, -0.1) is 24.8 Å². The highest BCUT2D eigenvalue weighted by molar-refractivity contribution is 5.85. The van der Waals surface area contributed by atoms with Gasteiger partial charge in [0.25, 0.3) is 0 Å². The summed E-state index contributed by atoms with van der Waals surface area (Å²) in [4.78, 5) is 7.39. The van der Waals surface area contributed by atoms with Crippen molar-refractivity contribution in [1.29, 1.82) is 0 Å². The minimum Gasteiger partial charge on any atom is -0.348 e. The molecule has 1 atom stereocenters. The van der Waals surface area contributed by atoms with Gasteiger partial charge >= 0.3 is 0 Å². The number of aromatic amines is 1. The van der Waals surface area contributed by atoms with Crippen molar-refractivity contribution in [3.05, 3.63) is 17.7 Å². The van der Waals surface area contributed by atoms with E-state index in [-0.39, 0.29) is 24.8 Å². The SMILES string of the molecule is Cl.Cl.NCC1CCc2[nH]cnc2C1. The molecule has 13 heavy (non-hydrogen) atoms. The highest BCUT2D eigenvalue weighted by Gasteiger charge is 2.18. The fraction of sp³-hybridized carbons (Fsp3) is 0.625. The van der Waals surface area contributed by atoms with E-state index < -0.39 is 0 Å². The van der Waals surface area contributed by atoms with Crippen LogP contribution in [0.4, 0.5) is 0 Å². The predicted octanol–water partition coefficient (Wildman–Crippen LogP) is 1.32. The first-order valence-corrected chi connectivity index (χ1v) is 4.11. The Morgan fingerprint density at radius 2 is 2.31 bits per heavy atom. The van der Waals surface area contributed by atoms with E-state index >= 15 is 0 Å². The Bertz CT molecular complexity index is 249. The van der Waals surface area contributed by atoms with E-state index in [1.807, 2.05) is 0 Å². The second kappa shape index (κ2) is 5.47. The molecule has 76 valence electrons. The third-order valence-corrected chi connectivity index (χ3v) is 2.43. The molecule has 1 aromatic heterocycles. The lowest BCUT2D eigenvalue weighted by atomic mass is 9.90. The summed E-state index contributed by atoms with van der Waals surface area (Å²) in [6.07, 6.45) is 5.18. The van der Waals surface area contributed by atoms with E-state index in [9.17, 15) is 0 Å². The van der Waals surface area contributed by atoms with Crippen molar-refractivity contribution in [1.82, 2.24) is 9.97 Å². The van der Waals surface area contributed by atoms with Crippen LogP contribution in [0.2, 0.25) is 0 Å². The van der Waals surface area contributed by atoms with Gasteiger partial charge in [0, 0.05) is 5.69 Å². The quantitative estimate of drug-likeness (QED) is 0.755. The summed E-state index contributed by atoms with van der Waals surface area (Å²) in [7, 11) is 0. The van der Waals surface area contributed by atoms with Gasteiger partial charge in [-0.05, 0) is 31.7 Å². The minimum absolute atomic E-state index is 0. The molecule has 1 heterocycles. The molecule has 0 fully saturated rings. The van der Waals surface area contributed by atoms with Gasteiger partial charge in [-0.1, -0.05) is 0 Å². The average molecular weight is 224 g/mol. The molecular formula is C8H15Cl2N3. The number of hydrogen-bond acceptors (Lipinski definition) is 2. The summed E-state index contributed by atoms with van der Waals surface area (Å²) in [5, 5.41) is 0. The summed E-state index contributed by atoms with van der Waals surface area (Å²) in [5.74, 6) is 0.658. The molecule has 0 amide bonds. The molecule has 1 aliphatic rings. The maximum Gasteiger partial charge on any atom is 0.0925 e. The van der Waals surface area contributed by atoms with Crippen LogP contribution in [-0.2, 0) is 12.8 Å². The first kappa shape index (κ1) is 12.8. The molecule has 0 aromatic carbocycles. The minimum atomic E-state index is 0. The highest BCUT2D eigenvalue weighted by atomic mass is 35.5. The number of nitrogens with one attached hydrogen (secondary N) is 1. The lowest BCUT2D eigenvalue weighted by Crippen LogP contribution is -2.22. The molecule has 0 bridgehead atoms. The number of halogens is 2. The molecule has 0 saturated carbocycles. The lowest BCUT2D eigenvalue weighted by Gasteiger charge is -2.18. The van der Waals surface area contributed by atoms with E-state index in [0.29, 0.717) is 5.92 Å². The predicted molar refractivity (Wildman–Crippen MR) is 57.7 cm³/mol. The Morgan fingerprint density at radius 3 is 3.00 bits per heavy atom. The van der Waals surface area contributed by atoms with Gasteiger partial charge in [0.05, 0.1) is 12.0 Å². The zero-order valence-corrected chi connectivity index (χ0v) is 8.96. The third kappa shape index (κ3) is 2.59. The Balaban J connectivity index is 0.000000720. The number of imidazole rings is 1. The normalized spacial score (nSPS) is 19.6. The third-order valence-electron chi connectivity index (χ3n) is 2.43. The van der Waals surface area contributed by atoms with E-state index in [4.69, 9.17) is 5.73 Å². The second-order valence-electron chi connectivity index (χ2n) is 3.17. The number of hydrogen-bond donors (Lipinski definition) is 2. The van der Waals surface area contributed by atoms with Crippen molar-refractivity contribution < 1.29 is 0 Å². The fourth-order valence-electron chi connectivity index (χ4n) is 1.67. The molecular weight excluding hydrogens is 209 g/mol. The molecule has 0 aliphatic heterocycles. The summed E-state index contributed by atoms with van der Waals surface area (Å²) >= 11 is 0. The zero-order chi connectivity index (χ0) is 7.68. The van der Waals surface area contributed by atoms with Crippen molar-refractivity contribution in [2.45, 2.75) is 19.3 Å². The number of aromatic nitrogens is 2. The van der Waals surface area contributed by atoms with Crippen LogP contribution >= 0.6 is 24.8 Å². The summed E-state index contributed by atoms with van der Waals surface area (Å²) < 4.78 is 0. The Morgan fingerprint density at radius 1 is 1.54 bits per heavy atom. The first-order valence-electron chi connectivity index (χ1n) is 4.11. The molecule has 0 spiro atoms. The van der Waals surface area contributed by atoms with Gasteiger partial charge in [-0.3, -0.25) is 0 Å². The number of fused-ring (bicyclic) bond motifs is 1. The van der Waals surface area contributed by atoms with Crippen molar-refractivity contribution in [2.24, 2.45) is 11.7 Å². The number of rotatable bonds is 1. The van der Waals surface area contributed by atoms with Gasteiger partial charge in [0.15, 0.2) is 0 Å². The van der Waals surface area contributed by atoms with Crippen LogP contribution in [-0.4, -0.2) is 16.5 Å². The fourth-order valence-corrected chi connectivity index (χ4v) is 1.67. The Kier molecular flexibility index (Phi) is 5.37. The number of aryl methyl sites for hydroxylation is 1. The topological polar surface area (TPSA) is 54.7 Å². The summed E-state index contributed by atoms with van der Waals surface area (Å²) in [6.45, 7) is 0.798. The molecule has 1 aromatic rings. The number of nitrogens with zero attached hydrogens (tertiary/aromatic N) is 1. The molecule has 3 nitrogen and oxygen atoms in total. The van der Waals surface area contributed by atoms with Gasteiger partial charge in [0.2, 0.25) is 0 Å². The number of H-pyrrole nitrogens is 1. The Hall–Kier alpha value is -0.250. The largest absolute Gasteiger partial charge is 0.348 e. The second-order valence-corrected chi connectivity index (χ2v) is 3.17. The molecule has 1 aliphatic carbocycles. The van der Waals surface area contributed by atoms with Crippen LogP contribution in [0.5, 0.6) is 0 Å². The van der Waals surface area contributed by atoms with Crippen LogP contribution in [0.25, 0.3) is 0 Å². The van der Waals surface area contributed by atoms with Gasteiger partial charge < -0.3 is 10.7 Å². The van der Waals surface area contributed by atoms with E-state index in [0.717, 1.165) is 19.4 Å². The van der Waals surface area contributed by atoms with Crippen LogP contribution < -0.4 is 5.73 Å². The van der Waals surface area contributed by atoms with Gasteiger partial charge in [-0.2, -0.15) is 0 Å². The van der Waals surface area contributed by atoms with Crippen molar-refractivity contribution >= 4 is 24.8 Å². The van der Waals surface area contributed by atoms with Gasteiger partial charge in [-0.25, -0.2) is 4.98 Å². The molecule has 1 unspecified atom stereocenters. The summed E-state index contributed by atoms with van der Waals surface area (Å²) in [6, 6.07) is 0. The zero-order valence-electron chi connectivity index (χ0n) is 7.32. The van der Waals surface area contributed by atoms with Crippen LogP contribution in [0, 0.1) is 5.92 Å². The molecule has 2 rings (SSSR count). The van der Waals surface area contributed by atoms with Crippen LogP contribution in [0.1, 0.15) is 17.8 Å². The molecule has 0 saturated heterocycles. The van der Waals surface area contributed by atoms with E-state index in [2.05, 4.69) is 9.97 Å². The Labute approximate surface area is 90.3 Å². The van der Waals surface area contributed by atoms with Crippen molar-refractivity contribution in [3.8, 4) is 0 Å². The first-order chi connectivity index (χ1) is 5.40. The summed E-state index contributed by atoms with van der Waals surface area (Å²) in [5.41, 5.74) is 8.13. The van der Waals surface area contributed by atoms with Crippen molar-refractivity contribution in [3.63, 3.8) is 0 Å². The maximum atomic E-state index is 5.59. The van der Waals surface area contributed by atoms with E-state index in [1.165, 1.54) is 17.8 Å². The van der Waals surface area contributed by atoms with Crippen molar-refractivity contribution in [2.75, 3.05) is 6.54 Å². The molecule has 0 radical (unpaired) electrons. The van der Waals surface area contributed by atoms with Crippen LogP contribution in [0.3, 0.4) is 0 Å². The average Bonchev–Trinajstić information content (AvgIpc) is 2.50. The van der Waals surface area contributed by atoms with E-state index in [1.54, 1.807) is 6.33 Å².